The van der Waals surface area contributed by atoms with E-state index >= 15 is 0 Å². The van der Waals surface area contributed by atoms with Gasteiger partial charge in [-0.05, 0) is 50.4 Å². The van der Waals surface area contributed by atoms with E-state index in [9.17, 15) is 13.2 Å². The van der Waals surface area contributed by atoms with Crippen LogP contribution in [0.1, 0.15) is 5.69 Å². The molecule has 0 saturated heterocycles. The van der Waals surface area contributed by atoms with Gasteiger partial charge in [-0.1, -0.05) is 23.7 Å². The highest BCUT2D eigenvalue weighted by Crippen LogP contribution is 2.26. The highest BCUT2D eigenvalue weighted by molar-refractivity contribution is 7.89. The first kappa shape index (κ1) is 19.0. The van der Waals surface area contributed by atoms with Crippen LogP contribution in [0, 0.1) is 6.92 Å². The van der Waals surface area contributed by atoms with Crippen LogP contribution in [0.5, 0.6) is 0 Å². The lowest BCUT2D eigenvalue weighted by molar-refractivity contribution is 0.588. The van der Waals surface area contributed by atoms with E-state index in [0.717, 1.165) is 0 Å². The van der Waals surface area contributed by atoms with Crippen molar-refractivity contribution >= 4 is 33.0 Å². The summed E-state index contributed by atoms with van der Waals surface area (Å²) in [4.78, 5) is 12.7. The van der Waals surface area contributed by atoms with Gasteiger partial charge >= 0.3 is 0 Å². The van der Waals surface area contributed by atoms with E-state index in [-0.39, 0.29) is 10.6 Å². The highest BCUT2D eigenvalue weighted by Gasteiger charge is 2.14. The van der Waals surface area contributed by atoms with E-state index < -0.39 is 15.6 Å². The molecular weight excluding hydrogens is 390 g/mol. The number of sulfonamides is 1. The van der Waals surface area contributed by atoms with Gasteiger partial charge in [0.25, 0.3) is 5.56 Å². The summed E-state index contributed by atoms with van der Waals surface area (Å²) in [6.45, 7) is 1.69. The number of hydrogen-bond donors (Lipinski definition) is 2. The number of hydrogen-bond acceptors (Lipinski definition) is 5. The summed E-state index contributed by atoms with van der Waals surface area (Å²) in [5.74, 6) is 0. The van der Waals surface area contributed by atoms with Crippen LogP contribution in [0.4, 0.5) is 11.4 Å². The molecule has 0 bridgehead atoms. The second-order valence-electron chi connectivity index (χ2n) is 5.58. The Kier molecular flexibility index (Phi) is 5.26. The molecule has 0 spiro atoms. The van der Waals surface area contributed by atoms with Gasteiger partial charge in [-0.3, -0.25) is 9.89 Å². The quantitative estimate of drug-likeness (QED) is 0.634. The Hall–Kier alpha value is -2.75. The van der Waals surface area contributed by atoms with Crippen molar-refractivity contribution in [3.63, 3.8) is 0 Å². The minimum atomic E-state index is -3.55. The minimum absolute atomic E-state index is 0.101. The number of nitrogens with one attached hydrogen (secondary N) is 2. The predicted molar refractivity (Wildman–Crippen MR) is 103 cm³/mol. The van der Waals surface area contributed by atoms with Gasteiger partial charge < -0.3 is 0 Å². The third kappa shape index (κ3) is 3.85. The SMILES string of the molecule is CNS(=O)(=O)c1ccc(-n2[nH]c(C)c(N=Nc3ccccc3Cl)c2=O)cc1. The van der Waals surface area contributed by atoms with Crippen molar-refractivity contribution in [2.24, 2.45) is 10.2 Å². The van der Waals surface area contributed by atoms with Crippen molar-refractivity contribution < 1.29 is 8.42 Å². The first-order valence-corrected chi connectivity index (χ1v) is 9.71. The molecule has 0 aliphatic rings. The average molecular weight is 406 g/mol. The number of benzene rings is 2. The number of H-pyrrole nitrogens is 1. The molecule has 2 aromatic carbocycles. The average Bonchev–Trinajstić information content (AvgIpc) is 2.95. The second-order valence-corrected chi connectivity index (χ2v) is 7.87. The molecule has 0 aliphatic carbocycles. The van der Waals surface area contributed by atoms with Gasteiger partial charge in [0.15, 0.2) is 5.69 Å². The summed E-state index contributed by atoms with van der Waals surface area (Å²) in [7, 11) is -2.22. The molecule has 0 radical (unpaired) electrons. The molecule has 0 saturated carbocycles. The maximum absolute atomic E-state index is 12.6. The number of aryl methyl sites for hydroxylation is 1. The molecule has 1 heterocycles. The number of rotatable bonds is 5. The third-order valence-electron chi connectivity index (χ3n) is 3.82. The molecule has 10 heteroatoms. The molecule has 3 rings (SSSR count). The largest absolute Gasteiger partial charge is 0.299 e. The molecular formula is C17H16ClN5O3S. The molecule has 1 aromatic heterocycles. The summed E-state index contributed by atoms with van der Waals surface area (Å²) in [6.07, 6.45) is 0. The van der Waals surface area contributed by atoms with Crippen molar-refractivity contribution in [2.45, 2.75) is 11.8 Å². The Morgan fingerprint density at radius 2 is 1.74 bits per heavy atom. The molecule has 0 aliphatic heterocycles. The van der Waals surface area contributed by atoms with E-state index in [1.165, 1.54) is 36.0 Å². The molecule has 27 heavy (non-hydrogen) atoms. The zero-order valence-corrected chi connectivity index (χ0v) is 16.0. The molecule has 0 atom stereocenters. The van der Waals surface area contributed by atoms with Gasteiger partial charge in [0.05, 0.1) is 21.3 Å². The van der Waals surface area contributed by atoms with Crippen LogP contribution in [-0.4, -0.2) is 25.2 Å². The third-order valence-corrected chi connectivity index (χ3v) is 5.57. The van der Waals surface area contributed by atoms with E-state index in [0.29, 0.717) is 22.1 Å². The molecule has 3 aromatic rings. The fourth-order valence-corrected chi connectivity index (χ4v) is 3.27. The van der Waals surface area contributed by atoms with E-state index in [1.54, 1.807) is 31.2 Å². The van der Waals surface area contributed by atoms with Crippen molar-refractivity contribution in [1.82, 2.24) is 14.5 Å². The Morgan fingerprint density at radius 1 is 1.07 bits per heavy atom. The zero-order chi connectivity index (χ0) is 19.6. The van der Waals surface area contributed by atoms with Crippen LogP contribution >= 0.6 is 11.6 Å². The molecule has 2 N–H and O–H groups in total. The monoisotopic (exact) mass is 405 g/mol. The zero-order valence-electron chi connectivity index (χ0n) is 14.5. The minimum Gasteiger partial charge on any atom is -0.293 e. The number of nitrogens with zero attached hydrogens (tertiary/aromatic N) is 3. The summed E-state index contributed by atoms with van der Waals surface area (Å²) >= 11 is 6.04. The molecule has 140 valence electrons. The topological polar surface area (TPSA) is 109 Å². The van der Waals surface area contributed by atoms with E-state index in [2.05, 4.69) is 20.0 Å². The molecule has 0 amide bonds. The normalized spacial score (nSPS) is 12.0. The maximum atomic E-state index is 12.6. The lowest BCUT2D eigenvalue weighted by Gasteiger charge is -2.04. The lowest BCUT2D eigenvalue weighted by atomic mass is 10.3. The first-order chi connectivity index (χ1) is 12.8. The number of azo groups is 1. The Morgan fingerprint density at radius 3 is 2.37 bits per heavy atom. The summed E-state index contributed by atoms with van der Waals surface area (Å²) < 4.78 is 27.1. The van der Waals surface area contributed by atoms with Gasteiger partial charge in [-0.15, -0.1) is 10.2 Å². The van der Waals surface area contributed by atoms with Gasteiger partial charge in [-0.25, -0.2) is 17.8 Å². The smallest absolute Gasteiger partial charge is 0.293 e. The molecule has 8 nitrogen and oxygen atoms in total. The fourth-order valence-electron chi connectivity index (χ4n) is 2.37. The number of aromatic nitrogens is 2. The van der Waals surface area contributed by atoms with E-state index in [4.69, 9.17) is 11.6 Å². The summed E-state index contributed by atoms with van der Waals surface area (Å²) in [6, 6.07) is 12.8. The van der Waals surface area contributed by atoms with E-state index in [1.807, 2.05) is 0 Å². The number of aromatic amines is 1. The fraction of sp³-hybridized carbons (Fsp3) is 0.118. The van der Waals surface area contributed by atoms with Gasteiger partial charge in [0.1, 0.15) is 5.69 Å². The molecule has 0 unspecified atom stereocenters. The standard InChI is InChI=1S/C17H16ClN5O3S/c1-11-16(21-20-15-6-4-3-5-14(15)18)17(24)23(22-11)12-7-9-13(10-8-12)27(25,26)19-2/h3-10,19,22H,1-2H3. The van der Waals surface area contributed by atoms with Crippen molar-refractivity contribution in [3.05, 3.63) is 69.6 Å². The summed E-state index contributed by atoms with van der Waals surface area (Å²) in [5.41, 5.74) is 1.17. The first-order valence-electron chi connectivity index (χ1n) is 7.85. The van der Waals surface area contributed by atoms with Crippen molar-refractivity contribution in [1.29, 1.82) is 0 Å². The number of halogens is 1. The summed E-state index contributed by atoms with van der Waals surface area (Å²) in [5, 5.41) is 11.4. The second kappa shape index (κ2) is 7.47. The van der Waals surface area contributed by atoms with Crippen LogP contribution < -0.4 is 10.3 Å². The van der Waals surface area contributed by atoms with Gasteiger partial charge in [-0.2, -0.15) is 0 Å². The predicted octanol–water partition coefficient (Wildman–Crippen LogP) is 3.45. The van der Waals surface area contributed by atoms with Crippen LogP contribution in [0.25, 0.3) is 5.69 Å². The van der Waals surface area contributed by atoms with Gasteiger partial charge in [0.2, 0.25) is 10.0 Å². The Balaban J connectivity index is 1.97. The van der Waals surface area contributed by atoms with Crippen molar-refractivity contribution in [3.8, 4) is 5.69 Å². The van der Waals surface area contributed by atoms with Crippen LogP contribution in [0.2, 0.25) is 5.02 Å². The van der Waals surface area contributed by atoms with Crippen LogP contribution in [0.15, 0.2) is 68.4 Å². The van der Waals surface area contributed by atoms with Crippen LogP contribution in [-0.2, 0) is 10.0 Å². The van der Waals surface area contributed by atoms with Crippen molar-refractivity contribution in [2.75, 3.05) is 7.05 Å². The highest BCUT2D eigenvalue weighted by atomic mass is 35.5. The van der Waals surface area contributed by atoms with Gasteiger partial charge in [0, 0.05) is 0 Å². The Labute approximate surface area is 160 Å². The molecule has 0 fully saturated rings. The Bertz CT molecular complexity index is 1160. The lowest BCUT2D eigenvalue weighted by Crippen LogP contribution is -2.19. The maximum Gasteiger partial charge on any atom is 0.299 e. The van der Waals surface area contributed by atoms with Crippen LogP contribution in [0.3, 0.4) is 0 Å².